The summed E-state index contributed by atoms with van der Waals surface area (Å²) in [5.41, 5.74) is 0. The Morgan fingerprint density at radius 3 is 2.92 bits per heavy atom. The molecule has 0 aromatic carbocycles. The fraction of sp³-hybridized carbons (Fsp3) is 1.00. The second-order valence-electron chi connectivity index (χ2n) is 4.32. The number of ether oxygens (including phenoxy) is 1. The summed E-state index contributed by atoms with van der Waals surface area (Å²) < 4.78 is 5.54. The van der Waals surface area contributed by atoms with Gasteiger partial charge in [-0.3, -0.25) is 4.90 Å². The van der Waals surface area contributed by atoms with Crippen molar-refractivity contribution in [3.05, 3.63) is 0 Å². The fourth-order valence-corrected chi connectivity index (χ4v) is 3.10. The Balaban J connectivity index is 2.05. The summed E-state index contributed by atoms with van der Waals surface area (Å²) in [6.07, 6.45) is 3.94. The van der Waals surface area contributed by atoms with Crippen molar-refractivity contribution in [1.82, 2.24) is 4.90 Å². The van der Waals surface area contributed by atoms with Gasteiger partial charge in [-0.25, -0.2) is 0 Å². The van der Waals surface area contributed by atoms with Crippen LogP contribution in [0.2, 0.25) is 0 Å². The molecule has 0 N–H and O–H groups in total. The highest BCUT2D eigenvalue weighted by Crippen LogP contribution is 2.35. The van der Waals surface area contributed by atoms with E-state index in [9.17, 15) is 0 Å². The Hall–Kier alpha value is -0.0800. The first-order valence-electron chi connectivity index (χ1n) is 5.70. The predicted molar refractivity (Wildman–Crippen MR) is 53.8 cm³/mol. The summed E-state index contributed by atoms with van der Waals surface area (Å²) in [6, 6.07) is 1.67. The van der Waals surface area contributed by atoms with Crippen LogP contribution in [0.5, 0.6) is 0 Å². The van der Waals surface area contributed by atoms with Crippen LogP contribution < -0.4 is 0 Å². The highest BCUT2D eigenvalue weighted by Gasteiger charge is 2.40. The van der Waals surface area contributed by atoms with E-state index in [1.807, 2.05) is 0 Å². The number of nitrogens with zero attached hydrogens (tertiary/aromatic N) is 1. The molecular weight excluding hydrogens is 162 g/mol. The van der Waals surface area contributed by atoms with Crippen molar-refractivity contribution in [3.63, 3.8) is 0 Å². The highest BCUT2D eigenvalue weighted by molar-refractivity contribution is 4.94. The lowest BCUT2D eigenvalue weighted by Crippen LogP contribution is -2.40. The van der Waals surface area contributed by atoms with Crippen LogP contribution in [0.25, 0.3) is 0 Å². The predicted octanol–water partition coefficient (Wildman–Crippen LogP) is 1.90. The van der Waals surface area contributed by atoms with Crippen LogP contribution in [0.15, 0.2) is 0 Å². The van der Waals surface area contributed by atoms with Crippen molar-refractivity contribution < 1.29 is 4.74 Å². The van der Waals surface area contributed by atoms with Gasteiger partial charge in [0.05, 0.1) is 6.61 Å². The molecule has 13 heavy (non-hydrogen) atoms. The van der Waals surface area contributed by atoms with E-state index in [2.05, 4.69) is 18.7 Å². The molecule has 2 saturated heterocycles. The molecule has 0 amide bonds. The Bertz CT molecular complexity index is 167. The second kappa shape index (κ2) is 3.97. The van der Waals surface area contributed by atoms with Gasteiger partial charge in [-0.1, -0.05) is 13.8 Å². The lowest BCUT2D eigenvalue weighted by Gasteiger charge is -2.32. The normalized spacial score (nSPS) is 40.6. The molecule has 3 atom stereocenters. The van der Waals surface area contributed by atoms with Crippen LogP contribution >= 0.6 is 0 Å². The van der Waals surface area contributed by atoms with Crippen molar-refractivity contribution in [3.8, 4) is 0 Å². The van der Waals surface area contributed by atoms with Crippen molar-refractivity contribution in [2.45, 2.75) is 45.2 Å². The van der Waals surface area contributed by atoms with E-state index >= 15 is 0 Å². The zero-order valence-electron chi connectivity index (χ0n) is 8.83. The molecule has 0 aliphatic carbocycles. The summed E-state index contributed by atoms with van der Waals surface area (Å²) >= 11 is 0. The van der Waals surface area contributed by atoms with E-state index in [4.69, 9.17) is 4.74 Å². The molecule has 0 spiro atoms. The first kappa shape index (κ1) is 9.47. The van der Waals surface area contributed by atoms with Crippen LogP contribution in [0.3, 0.4) is 0 Å². The summed E-state index contributed by atoms with van der Waals surface area (Å²) in [5.74, 6) is 0.832. The number of fused-ring (bicyclic) bond motifs is 1. The molecule has 2 nitrogen and oxygen atoms in total. The van der Waals surface area contributed by atoms with Crippen molar-refractivity contribution in [2.24, 2.45) is 5.92 Å². The summed E-state index contributed by atoms with van der Waals surface area (Å²) in [7, 11) is 0. The zero-order chi connectivity index (χ0) is 9.26. The van der Waals surface area contributed by atoms with E-state index in [0.29, 0.717) is 0 Å². The molecule has 3 unspecified atom stereocenters. The largest absolute Gasteiger partial charge is 0.381 e. The average Bonchev–Trinajstić information content (AvgIpc) is 2.55. The molecule has 0 bridgehead atoms. The molecule has 0 aromatic rings. The molecule has 2 heterocycles. The van der Waals surface area contributed by atoms with Gasteiger partial charge in [0.15, 0.2) is 0 Å². The summed E-state index contributed by atoms with van der Waals surface area (Å²) in [4.78, 5) is 2.70. The van der Waals surface area contributed by atoms with Crippen LogP contribution in [0, 0.1) is 5.92 Å². The fourth-order valence-electron chi connectivity index (χ4n) is 3.10. The topological polar surface area (TPSA) is 12.5 Å². The van der Waals surface area contributed by atoms with Crippen LogP contribution in [0.1, 0.15) is 33.1 Å². The number of rotatable bonds is 2. The van der Waals surface area contributed by atoms with Gasteiger partial charge in [-0.15, -0.1) is 0 Å². The molecule has 2 heteroatoms. The maximum absolute atomic E-state index is 5.54. The molecular formula is C11H21NO. The summed E-state index contributed by atoms with van der Waals surface area (Å²) in [6.45, 7) is 7.82. The number of likely N-dealkylation sites (tertiary alicyclic amines) is 1. The maximum atomic E-state index is 5.54. The van der Waals surface area contributed by atoms with E-state index in [0.717, 1.165) is 31.2 Å². The Labute approximate surface area is 81.3 Å². The molecule has 2 aliphatic rings. The van der Waals surface area contributed by atoms with Gasteiger partial charge < -0.3 is 4.74 Å². The maximum Gasteiger partial charge on any atom is 0.0509 e. The highest BCUT2D eigenvalue weighted by atomic mass is 16.5. The third-order valence-electron chi connectivity index (χ3n) is 3.74. The monoisotopic (exact) mass is 183 g/mol. The minimum Gasteiger partial charge on any atom is -0.381 e. The van der Waals surface area contributed by atoms with E-state index in [1.165, 1.54) is 25.8 Å². The molecule has 0 aromatic heterocycles. The quantitative estimate of drug-likeness (QED) is 0.648. The van der Waals surface area contributed by atoms with Crippen LogP contribution in [-0.4, -0.2) is 36.7 Å². The van der Waals surface area contributed by atoms with Gasteiger partial charge in [-0.05, 0) is 31.7 Å². The molecule has 76 valence electrons. The molecule has 2 aliphatic heterocycles. The Kier molecular flexibility index (Phi) is 2.89. The third-order valence-corrected chi connectivity index (χ3v) is 3.74. The molecule has 2 fully saturated rings. The Morgan fingerprint density at radius 2 is 2.23 bits per heavy atom. The first-order valence-corrected chi connectivity index (χ1v) is 5.70. The van der Waals surface area contributed by atoms with Gasteiger partial charge in [0.25, 0.3) is 0 Å². The zero-order valence-corrected chi connectivity index (χ0v) is 8.83. The van der Waals surface area contributed by atoms with Crippen LogP contribution in [-0.2, 0) is 4.74 Å². The van der Waals surface area contributed by atoms with Crippen molar-refractivity contribution in [1.29, 1.82) is 0 Å². The second-order valence-corrected chi connectivity index (χ2v) is 4.32. The molecule has 0 saturated carbocycles. The molecule has 2 rings (SSSR count). The van der Waals surface area contributed by atoms with Crippen molar-refractivity contribution in [2.75, 3.05) is 19.8 Å². The van der Waals surface area contributed by atoms with Gasteiger partial charge in [0.1, 0.15) is 0 Å². The third kappa shape index (κ3) is 1.62. The standard InChI is InChI=1S/C11H21NO/c1-3-10-7-9-8-13-6-5-11(9)12(10)4-2/h9-11H,3-8H2,1-2H3. The van der Waals surface area contributed by atoms with Crippen LogP contribution in [0.4, 0.5) is 0 Å². The minimum absolute atomic E-state index is 0.832. The van der Waals surface area contributed by atoms with Gasteiger partial charge in [0, 0.05) is 18.7 Å². The van der Waals surface area contributed by atoms with Gasteiger partial charge >= 0.3 is 0 Å². The van der Waals surface area contributed by atoms with Gasteiger partial charge in [0.2, 0.25) is 0 Å². The van der Waals surface area contributed by atoms with Gasteiger partial charge in [-0.2, -0.15) is 0 Å². The lowest BCUT2D eigenvalue weighted by molar-refractivity contribution is 0.0207. The Morgan fingerprint density at radius 1 is 1.38 bits per heavy atom. The number of hydrogen-bond acceptors (Lipinski definition) is 2. The SMILES string of the molecule is CCC1CC2COCCC2N1CC. The molecule has 0 radical (unpaired) electrons. The first-order chi connectivity index (χ1) is 6.36. The van der Waals surface area contributed by atoms with E-state index in [-0.39, 0.29) is 0 Å². The minimum atomic E-state index is 0.832. The lowest BCUT2D eigenvalue weighted by atomic mass is 9.95. The van der Waals surface area contributed by atoms with Crippen molar-refractivity contribution >= 4 is 0 Å². The smallest absolute Gasteiger partial charge is 0.0509 e. The average molecular weight is 183 g/mol. The van der Waals surface area contributed by atoms with E-state index in [1.54, 1.807) is 0 Å². The van der Waals surface area contributed by atoms with E-state index < -0.39 is 0 Å². The summed E-state index contributed by atoms with van der Waals surface area (Å²) in [5, 5.41) is 0. The number of hydrogen-bond donors (Lipinski definition) is 0.